The van der Waals surface area contributed by atoms with Crippen LogP contribution in [0.2, 0.25) is 0 Å². The van der Waals surface area contributed by atoms with Crippen molar-refractivity contribution in [2.75, 3.05) is 13.2 Å². The fourth-order valence-electron chi connectivity index (χ4n) is 2.81. The van der Waals surface area contributed by atoms with Crippen LogP contribution in [-0.2, 0) is 6.54 Å². The van der Waals surface area contributed by atoms with Crippen LogP contribution in [0.1, 0.15) is 31.4 Å². The molecule has 2 aromatic heterocycles. The van der Waals surface area contributed by atoms with Crippen molar-refractivity contribution in [2.45, 2.75) is 38.3 Å². The number of hydrogen-bond acceptors (Lipinski definition) is 5. The monoisotopic (exact) mass is 277 g/mol. The average molecular weight is 277 g/mol. The number of H-pyrrole nitrogens is 1. The molecule has 0 saturated carbocycles. The van der Waals surface area contributed by atoms with Crippen molar-refractivity contribution < 1.29 is 5.11 Å². The number of nitrogens with one attached hydrogen (secondary N) is 1. The third-order valence-electron chi connectivity index (χ3n) is 3.90. The van der Waals surface area contributed by atoms with Gasteiger partial charge in [0.2, 0.25) is 0 Å². The summed E-state index contributed by atoms with van der Waals surface area (Å²) in [4.78, 5) is 22.5. The first-order chi connectivity index (χ1) is 9.78. The summed E-state index contributed by atoms with van der Waals surface area (Å²) in [6, 6.07) is 1.70. The number of aliphatic hydroxyl groups is 1. The van der Waals surface area contributed by atoms with Crippen LogP contribution in [0.4, 0.5) is 0 Å². The van der Waals surface area contributed by atoms with E-state index in [0.29, 0.717) is 18.0 Å². The van der Waals surface area contributed by atoms with Crippen LogP contribution in [0, 0.1) is 0 Å². The van der Waals surface area contributed by atoms with E-state index in [1.54, 1.807) is 0 Å². The molecule has 0 aliphatic carbocycles. The third-order valence-corrected chi connectivity index (χ3v) is 3.90. The minimum Gasteiger partial charge on any atom is -0.395 e. The molecule has 0 radical (unpaired) electrons. The minimum absolute atomic E-state index is 0.155. The summed E-state index contributed by atoms with van der Waals surface area (Å²) >= 11 is 0. The fraction of sp³-hybridized carbons (Fsp3) is 0.615. The normalized spacial score (nSPS) is 21.1. The molecule has 0 amide bonds. The Balaban J connectivity index is 1.85. The Labute approximate surface area is 116 Å². The number of nitrogens with zero attached hydrogens (tertiary/aromatic N) is 4. The Hall–Kier alpha value is -1.73. The van der Waals surface area contributed by atoms with Gasteiger partial charge in [-0.05, 0) is 19.4 Å². The van der Waals surface area contributed by atoms with E-state index in [1.165, 1.54) is 23.3 Å². The van der Waals surface area contributed by atoms with Crippen molar-refractivity contribution in [3.63, 3.8) is 0 Å². The first-order valence-electron chi connectivity index (χ1n) is 7.05. The predicted octanol–water partition coefficient (Wildman–Crippen LogP) is 0.154. The maximum absolute atomic E-state index is 11.9. The molecule has 1 aliphatic heterocycles. The van der Waals surface area contributed by atoms with Gasteiger partial charge < -0.3 is 5.11 Å². The zero-order chi connectivity index (χ0) is 13.9. The summed E-state index contributed by atoms with van der Waals surface area (Å²) in [6.07, 6.45) is 5.92. The third kappa shape index (κ3) is 2.59. The number of fused-ring (bicyclic) bond motifs is 1. The Morgan fingerprint density at radius 2 is 2.30 bits per heavy atom. The molecule has 0 bridgehead atoms. The second kappa shape index (κ2) is 5.72. The zero-order valence-electron chi connectivity index (χ0n) is 11.3. The SMILES string of the molecule is O=c1cc(CN2CCCCCC2CO)nc2nc[nH]n12. The Bertz CT molecular complexity index is 635. The Morgan fingerprint density at radius 3 is 3.15 bits per heavy atom. The molecule has 1 saturated heterocycles. The second-order valence-corrected chi connectivity index (χ2v) is 5.26. The molecule has 3 rings (SSSR count). The number of aromatic amines is 1. The van der Waals surface area contributed by atoms with E-state index in [0.717, 1.165) is 25.8 Å². The molecule has 0 spiro atoms. The van der Waals surface area contributed by atoms with Crippen LogP contribution in [0.15, 0.2) is 17.2 Å². The van der Waals surface area contributed by atoms with E-state index in [-0.39, 0.29) is 18.2 Å². The fourth-order valence-corrected chi connectivity index (χ4v) is 2.81. The molecule has 0 aromatic carbocycles. The van der Waals surface area contributed by atoms with Crippen LogP contribution in [0.25, 0.3) is 5.78 Å². The van der Waals surface area contributed by atoms with Gasteiger partial charge in [0.25, 0.3) is 11.3 Å². The summed E-state index contributed by atoms with van der Waals surface area (Å²) in [5.41, 5.74) is 0.556. The minimum atomic E-state index is -0.155. The molecule has 1 aliphatic rings. The first-order valence-corrected chi connectivity index (χ1v) is 7.05. The lowest BCUT2D eigenvalue weighted by molar-refractivity contribution is 0.117. The van der Waals surface area contributed by atoms with Gasteiger partial charge >= 0.3 is 0 Å². The van der Waals surface area contributed by atoms with Gasteiger partial charge in [-0.1, -0.05) is 12.8 Å². The van der Waals surface area contributed by atoms with Gasteiger partial charge in [-0.2, -0.15) is 4.52 Å². The number of rotatable bonds is 3. The van der Waals surface area contributed by atoms with E-state index in [1.807, 2.05) is 0 Å². The topological polar surface area (TPSA) is 86.5 Å². The number of aliphatic hydroxyl groups excluding tert-OH is 1. The van der Waals surface area contributed by atoms with Gasteiger partial charge in [0.15, 0.2) is 0 Å². The average Bonchev–Trinajstić information content (AvgIpc) is 2.80. The molecule has 1 unspecified atom stereocenters. The summed E-state index contributed by atoms with van der Waals surface area (Å²) in [5, 5.41) is 12.2. The number of hydrogen-bond donors (Lipinski definition) is 2. The van der Waals surface area contributed by atoms with Crippen molar-refractivity contribution in [3.8, 4) is 0 Å². The quantitative estimate of drug-likeness (QED) is 0.834. The molecule has 7 heteroatoms. The van der Waals surface area contributed by atoms with Crippen molar-refractivity contribution in [1.29, 1.82) is 0 Å². The highest BCUT2D eigenvalue weighted by molar-refractivity contribution is 5.26. The molecule has 20 heavy (non-hydrogen) atoms. The summed E-state index contributed by atoms with van der Waals surface area (Å²) < 4.78 is 1.31. The first kappa shape index (κ1) is 13.3. The van der Waals surface area contributed by atoms with E-state index in [9.17, 15) is 9.90 Å². The van der Waals surface area contributed by atoms with Crippen molar-refractivity contribution in [1.82, 2.24) is 24.5 Å². The van der Waals surface area contributed by atoms with Gasteiger partial charge in [-0.3, -0.25) is 14.8 Å². The summed E-state index contributed by atoms with van der Waals surface area (Å²) in [6.45, 7) is 1.68. The molecular weight excluding hydrogens is 258 g/mol. The maximum atomic E-state index is 11.9. The number of likely N-dealkylation sites (tertiary alicyclic amines) is 1. The summed E-state index contributed by atoms with van der Waals surface area (Å²) in [5.74, 6) is 0.392. The summed E-state index contributed by atoms with van der Waals surface area (Å²) in [7, 11) is 0. The lowest BCUT2D eigenvalue weighted by atomic mass is 10.1. The maximum Gasteiger partial charge on any atom is 0.274 e. The van der Waals surface area contributed by atoms with Gasteiger partial charge in [-0.25, -0.2) is 9.97 Å². The molecule has 1 fully saturated rings. The van der Waals surface area contributed by atoms with Crippen LogP contribution >= 0.6 is 0 Å². The van der Waals surface area contributed by atoms with Gasteiger partial charge in [0.1, 0.15) is 6.33 Å². The smallest absolute Gasteiger partial charge is 0.274 e. The van der Waals surface area contributed by atoms with Gasteiger partial charge in [0.05, 0.1) is 12.3 Å². The van der Waals surface area contributed by atoms with Crippen LogP contribution in [0.5, 0.6) is 0 Å². The molecule has 108 valence electrons. The van der Waals surface area contributed by atoms with Gasteiger partial charge in [0, 0.05) is 18.7 Å². The van der Waals surface area contributed by atoms with E-state index in [2.05, 4.69) is 20.0 Å². The van der Waals surface area contributed by atoms with E-state index in [4.69, 9.17) is 0 Å². The molecule has 1 atom stereocenters. The molecule has 3 heterocycles. The number of aromatic nitrogens is 4. The molecular formula is C13H19N5O2. The molecule has 2 N–H and O–H groups in total. The lowest BCUT2D eigenvalue weighted by Gasteiger charge is -2.27. The van der Waals surface area contributed by atoms with E-state index < -0.39 is 0 Å². The Kier molecular flexibility index (Phi) is 3.79. The lowest BCUT2D eigenvalue weighted by Crippen LogP contribution is -2.37. The van der Waals surface area contributed by atoms with Crippen LogP contribution in [-0.4, -0.2) is 48.8 Å². The van der Waals surface area contributed by atoms with Crippen molar-refractivity contribution >= 4 is 5.78 Å². The highest BCUT2D eigenvalue weighted by Crippen LogP contribution is 2.18. The largest absolute Gasteiger partial charge is 0.395 e. The van der Waals surface area contributed by atoms with E-state index >= 15 is 0 Å². The highest BCUT2D eigenvalue weighted by atomic mass is 16.3. The molecule has 7 nitrogen and oxygen atoms in total. The predicted molar refractivity (Wildman–Crippen MR) is 73.4 cm³/mol. The van der Waals surface area contributed by atoms with Crippen LogP contribution < -0.4 is 5.56 Å². The van der Waals surface area contributed by atoms with Crippen molar-refractivity contribution in [2.24, 2.45) is 0 Å². The Morgan fingerprint density at radius 1 is 1.40 bits per heavy atom. The van der Waals surface area contributed by atoms with Crippen molar-refractivity contribution in [3.05, 3.63) is 28.4 Å². The molecule has 2 aromatic rings. The standard InChI is InChI=1S/C13H19N5O2/c19-8-11-4-2-1-3-5-17(11)7-10-6-12(20)18-13(16-10)14-9-15-18/h6,9,11,19H,1-5,7-8H2,(H,14,15,16). The van der Waals surface area contributed by atoms with Gasteiger partial charge in [-0.15, -0.1) is 0 Å². The zero-order valence-corrected chi connectivity index (χ0v) is 11.3. The van der Waals surface area contributed by atoms with Crippen LogP contribution in [0.3, 0.4) is 0 Å². The highest BCUT2D eigenvalue weighted by Gasteiger charge is 2.21. The second-order valence-electron chi connectivity index (χ2n) is 5.26.